The van der Waals surface area contributed by atoms with Gasteiger partial charge in [-0.05, 0) is 30.9 Å². The largest absolute Gasteiger partial charge is 0.373 e. The summed E-state index contributed by atoms with van der Waals surface area (Å²) in [6.07, 6.45) is 1.86. The molecular weight excluding hydrogens is 240 g/mol. The summed E-state index contributed by atoms with van der Waals surface area (Å²) < 4.78 is 11.2. The van der Waals surface area contributed by atoms with E-state index in [0.717, 1.165) is 12.0 Å². The highest BCUT2D eigenvalue weighted by atomic mass is 16.5. The Hall–Kier alpha value is -1.19. The van der Waals surface area contributed by atoms with Gasteiger partial charge in [0.2, 0.25) is 0 Å². The van der Waals surface area contributed by atoms with Crippen molar-refractivity contribution >= 4 is 5.78 Å². The van der Waals surface area contributed by atoms with Crippen molar-refractivity contribution in [1.82, 2.24) is 0 Å². The summed E-state index contributed by atoms with van der Waals surface area (Å²) in [6, 6.07) is 8.21. The molecule has 2 unspecified atom stereocenters. The fraction of sp³-hybridized carbons (Fsp3) is 0.562. The summed E-state index contributed by atoms with van der Waals surface area (Å²) in [5, 5.41) is 0. The minimum atomic E-state index is -0.699. The maximum absolute atomic E-state index is 12.4. The molecule has 1 aromatic carbocycles. The van der Waals surface area contributed by atoms with E-state index in [0.29, 0.717) is 19.4 Å². The Balaban J connectivity index is 2.15. The molecule has 1 aliphatic rings. The Morgan fingerprint density at radius 3 is 2.89 bits per heavy atom. The maximum Gasteiger partial charge on any atom is 0.167 e. The van der Waals surface area contributed by atoms with Crippen molar-refractivity contribution in [2.24, 2.45) is 0 Å². The lowest BCUT2D eigenvalue weighted by molar-refractivity contribution is -0.142. The predicted molar refractivity (Wildman–Crippen MR) is 74.2 cm³/mol. The monoisotopic (exact) mass is 262 g/mol. The second kappa shape index (κ2) is 5.85. The van der Waals surface area contributed by atoms with Crippen LogP contribution in [0.2, 0.25) is 0 Å². The lowest BCUT2D eigenvalue weighted by Crippen LogP contribution is -2.38. The van der Waals surface area contributed by atoms with Crippen LogP contribution < -0.4 is 0 Å². The van der Waals surface area contributed by atoms with E-state index >= 15 is 0 Å². The van der Waals surface area contributed by atoms with Crippen LogP contribution in [-0.4, -0.2) is 25.1 Å². The van der Waals surface area contributed by atoms with Crippen LogP contribution in [0.25, 0.3) is 0 Å². The van der Waals surface area contributed by atoms with Crippen molar-refractivity contribution in [2.75, 3.05) is 13.7 Å². The number of carbonyl (C=O) groups excluding carboxylic acids is 1. The minimum absolute atomic E-state index is 0.110. The first-order chi connectivity index (χ1) is 9.10. The van der Waals surface area contributed by atoms with Crippen molar-refractivity contribution in [3.8, 4) is 0 Å². The summed E-state index contributed by atoms with van der Waals surface area (Å²) >= 11 is 0. The zero-order valence-electron chi connectivity index (χ0n) is 11.9. The molecule has 3 heteroatoms. The third-order valence-corrected chi connectivity index (χ3v) is 4.18. The topological polar surface area (TPSA) is 35.5 Å². The highest BCUT2D eigenvalue weighted by molar-refractivity contribution is 5.87. The van der Waals surface area contributed by atoms with Gasteiger partial charge < -0.3 is 9.47 Å². The number of ether oxygens (including phenoxy) is 2. The molecule has 3 nitrogen and oxygen atoms in total. The van der Waals surface area contributed by atoms with Crippen molar-refractivity contribution in [3.63, 3.8) is 0 Å². The van der Waals surface area contributed by atoms with Gasteiger partial charge in [0.1, 0.15) is 5.60 Å². The molecule has 0 saturated heterocycles. The molecule has 0 saturated carbocycles. The molecule has 0 bridgehead atoms. The predicted octanol–water partition coefficient (Wildman–Crippen LogP) is 3.07. The van der Waals surface area contributed by atoms with Crippen LogP contribution in [0.4, 0.5) is 0 Å². The quantitative estimate of drug-likeness (QED) is 0.818. The van der Waals surface area contributed by atoms with Gasteiger partial charge in [0.15, 0.2) is 5.78 Å². The number of Topliss-reactive ketones (excluding diaryl/α,β-unsaturated/α-hetero) is 1. The molecule has 2 rings (SSSR count). The van der Waals surface area contributed by atoms with Crippen LogP contribution in [-0.2, 0) is 20.7 Å². The van der Waals surface area contributed by atoms with E-state index in [4.69, 9.17) is 9.47 Å². The van der Waals surface area contributed by atoms with Gasteiger partial charge >= 0.3 is 0 Å². The average Bonchev–Trinajstić information content (AvgIpc) is 2.46. The van der Waals surface area contributed by atoms with Crippen molar-refractivity contribution < 1.29 is 14.3 Å². The average molecular weight is 262 g/mol. The van der Waals surface area contributed by atoms with E-state index in [1.807, 2.05) is 26.0 Å². The number of hydrogen-bond acceptors (Lipinski definition) is 3. The van der Waals surface area contributed by atoms with Gasteiger partial charge in [-0.15, -0.1) is 0 Å². The third-order valence-electron chi connectivity index (χ3n) is 4.18. The van der Waals surface area contributed by atoms with Crippen LogP contribution in [0, 0.1) is 0 Å². The second-order valence-corrected chi connectivity index (χ2v) is 5.22. The molecule has 104 valence electrons. The normalized spacial score (nSPS) is 21.5. The Bertz CT molecular complexity index is 449. The van der Waals surface area contributed by atoms with Gasteiger partial charge in [-0.1, -0.05) is 31.2 Å². The second-order valence-electron chi connectivity index (χ2n) is 5.22. The molecule has 0 spiro atoms. The summed E-state index contributed by atoms with van der Waals surface area (Å²) in [5.74, 6) is 0.110. The van der Waals surface area contributed by atoms with E-state index in [2.05, 4.69) is 12.1 Å². The summed E-state index contributed by atoms with van der Waals surface area (Å²) in [4.78, 5) is 12.4. The van der Waals surface area contributed by atoms with E-state index in [9.17, 15) is 4.79 Å². The SMILES string of the molecule is CCC(C)(OC)C(=O)CC1OCCc2ccccc21. The fourth-order valence-corrected chi connectivity index (χ4v) is 2.49. The van der Waals surface area contributed by atoms with Gasteiger partial charge in [-0.3, -0.25) is 4.79 Å². The molecular formula is C16H22O3. The molecule has 0 fully saturated rings. The number of rotatable bonds is 5. The zero-order valence-corrected chi connectivity index (χ0v) is 11.9. The number of fused-ring (bicyclic) bond motifs is 1. The van der Waals surface area contributed by atoms with Crippen molar-refractivity contribution in [3.05, 3.63) is 35.4 Å². The number of benzene rings is 1. The van der Waals surface area contributed by atoms with Gasteiger partial charge in [0.05, 0.1) is 12.7 Å². The van der Waals surface area contributed by atoms with Crippen molar-refractivity contribution in [1.29, 1.82) is 0 Å². The van der Waals surface area contributed by atoms with E-state index in [1.165, 1.54) is 5.56 Å². The molecule has 0 aromatic heterocycles. The van der Waals surface area contributed by atoms with Gasteiger partial charge in [0, 0.05) is 13.5 Å². The first kappa shape index (κ1) is 14.2. The fourth-order valence-electron chi connectivity index (χ4n) is 2.49. The van der Waals surface area contributed by atoms with E-state index < -0.39 is 5.60 Å². The lowest BCUT2D eigenvalue weighted by atomic mass is 9.88. The van der Waals surface area contributed by atoms with Crippen LogP contribution in [0.15, 0.2) is 24.3 Å². The van der Waals surface area contributed by atoms with Gasteiger partial charge in [-0.25, -0.2) is 0 Å². The molecule has 0 radical (unpaired) electrons. The molecule has 0 amide bonds. The molecule has 0 N–H and O–H groups in total. The number of hydrogen-bond donors (Lipinski definition) is 0. The maximum atomic E-state index is 12.4. The molecule has 19 heavy (non-hydrogen) atoms. The highest BCUT2D eigenvalue weighted by Gasteiger charge is 2.34. The Morgan fingerprint density at radius 2 is 2.21 bits per heavy atom. The van der Waals surface area contributed by atoms with Crippen LogP contribution in [0.3, 0.4) is 0 Å². The minimum Gasteiger partial charge on any atom is -0.373 e. The smallest absolute Gasteiger partial charge is 0.167 e. The van der Waals surface area contributed by atoms with Crippen LogP contribution in [0.1, 0.15) is 43.9 Å². The molecule has 1 aliphatic heterocycles. The Kier molecular flexibility index (Phi) is 4.38. The number of methoxy groups -OCH3 is 1. The third kappa shape index (κ3) is 2.88. The standard InChI is InChI=1S/C16H22O3/c1-4-16(2,18-3)15(17)11-14-13-8-6-5-7-12(13)9-10-19-14/h5-8,14H,4,9-11H2,1-3H3. The first-order valence-electron chi connectivity index (χ1n) is 6.88. The number of ketones is 1. The zero-order chi connectivity index (χ0) is 13.9. The number of carbonyl (C=O) groups is 1. The van der Waals surface area contributed by atoms with Crippen LogP contribution >= 0.6 is 0 Å². The Morgan fingerprint density at radius 1 is 1.47 bits per heavy atom. The Labute approximate surface area is 114 Å². The molecule has 1 aromatic rings. The lowest BCUT2D eigenvalue weighted by Gasteiger charge is -2.30. The molecule has 2 atom stereocenters. The van der Waals surface area contributed by atoms with Crippen molar-refractivity contribution in [2.45, 2.75) is 44.8 Å². The van der Waals surface area contributed by atoms with Crippen LogP contribution in [0.5, 0.6) is 0 Å². The van der Waals surface area contributed by atoms with Gasteiger partial charge in [-0.2, -0.15) is 0 Å². The molecule has 0 aliphatic carbocycles. The van der Waals surface area contributed by atoms with Gasteiger partial charge in [0.25, 0.3) is 0 Å². The molecule has 1 heterocycles. The highest BCUT2D eigenvalue weighted by Crippen LogP contribution is 2.32. The summed E-state index contributed by atoms with van der Waals surface area (Å²) in [6.45, 7) is 4.51. The summed E-state index contributed by atoms with van der Waals surface area (Å²) in [5.41, 5.74) is 1.74. The first-order valence-corrected chi connectivity index (χ1v) is 6.88. The van der Waals surface area contributed by atoms with E-state index in [-0.39, 0.29) is 11.9 Å². The summed E-state index contributed by atoms with van der Waals surface area (Å²) in [7, 11) is 1.59. The van der Waals surface area contributed by atoms with E-state index in [1.54, 1.807) is 7.11 Å².